The first-order chi connectivity index (χ1) is 7.27. The van der Waals surface area contributed by atoms with Crippen molar-refractivity contribution in [2.75, 3.05) is 5.73 Å². The van der Waals surface area contributed by atoms with Crippen molar-refractivity contribution < 1.29 is 37.5 Å². The Morgan fingerprint density at radius 2 is 1.81 bits per heavy atom. The summed E-state index contributed by atoms with van der Waals surface area (Å²) in [5.41, 5.74) is 7.02. The molecule has 0 aliphatic heterocycles. The Kier molecular flexibility index (Phi) is 4.84. The molecule has 2 N–H and O–H groups in total. The van der Waals surface area contributed by atoms with E-state index in [0.717, 1.165) is 0 Å². The van der Waals surface area contributed by atoms with Crippen LogP contribution in [0.5, 0.6) is 0 Å². The number of rotatable bonds is 2. The average Bonchev–Trinajstić information content (AvgIpc) is 2.29. The topological polar surface area (TPSA) is 43.1 Å². The van der Waals surface area contributed by atoms with Crippen molar-refractivity contribution in [1.82, 2.24) is 0 Å². The van der Waals surface area contributed by atoms with Crippen molar-refractivity contribution in [3.05, 3.63) is 65.7 Å². The first-order valence-corrected chi connectivity index (χ1v) is 4.56. The molecule has 1 radical (unpaired) electrons. The number of carbonyl (C=O) groups excluding carboxylic acids is 1. The Bertz CT molecular complexity index is 482. The van der Waals surface area contributed by atoms with Gasteiger partial charge in [0, 0.05) is 32.7 Å². The van der Waals surface area contributed by atoms with Crippen molar-refractivity contribution in [2.45, 2.75) is 0 Å². The molecule has 0 saturated heterocycles. The van der Waals surface area contributed by atoms with Crippen LogP contribution >= 0.6 is 0 Å². The van der Waals surface area contributed by atoms with Crippen molar-refractivity contribution >= 4 is 11.5 Å². The van der Waals surface area contributed by atoms with Crippen molar-refractivity contribution in [3.8, 4) is 0 Å². The van der Waals surface area contributed by atoms with E-state index < -0.39 is 0 Å². The van der Waals surface area contributed by atoms with Crippen LogP contribution in [0.1, 0.15) is 15.9 Å². The minimum Gasteiger partial charge on any atom is -0.414 e. The second kappa shape index (κ2) is 5.93. The molecule has 0 saturated carbocycles. The Hall–Kier alpha value is -0.986. The first kappa shape index (κ1) is 13.1. The summed E-state index contributed by atoms with van der Waals surface area (Å²) in [5, 5.41) is 0. The number of benzene rings is 2. The molecule has 77 valence electrons. The average molecular weight is 284 g/mol. The Balaban J connectivity index is 0.00000128. The SMILES string of the molecule is Nc1[c-]c(C(=O)c2[c-]cccc2)ccc1.[Y]. The van der Waals surface area contributed by atoms with Gasteiger partial charge in [-0.25, -0.2) is 0 Å². The molecule has 3 heteroatoms. The number of anilines is 1. The Morgan fingerprint density at radius 1 is 1.06 bits per heavy atom. The smallest absolute Gasteiger partial charge is 0.0895 e. The Morgan fingerprint density at radius 3 is 2.44 bits per heavy atom. The van der Waals surface area contributed by atoms with Gasteiger partial charge in [0.15, 0.2) is 0 Å². The monoisotopic (exact) mass is 284 g/mol. The predicted octanol–water partition coefficient (Wildman–Crippen LogP) is 2.10. The zero-order valence-electron chi connectivity index (χ0n) is 8.60. The predicted molar refractivity (Wildman–Crippen MR) is 58.4 cm³/mol. The largest absolute Gasteiger partial charge is 0.414 e. The van der Waals surface area contributed by atoms with E-state index in [0.29, 0.717) is 16.8 Å². The van der Waals surface area contributed by atoms with Crippen LogP contribution in [0.15, 0.2) is 42.5 Å². The molecule has 0 aliphatic rings. The number of ketones is 1. The van der Waals surface area contributed by atoms with Gasteiger partial charge in [-0.2, -0.15) is 0 Å². The number of nitrogen functional groups attached to an aromatic ring is 1. The van der Waals surface area contributed by atoms with Gasteiger partial charge < -0.3 is 10.5 Å². The van der Waals surface area contributed by atoms with E-state index in [9.17, 15) is 4.79 Å². The molecule has 0 fully saturated rings. The van der Waals surface area contributed by atoms with Crippen LogP contribution in [-0.2, 0) is 32.7 Å². The van der Waals surface area contributed by atoms with Gasteiger partial charge in [0.1, 0.15) is 0 Å². The summed E-state index contributed by atoms with van der Waals surface area (Å²) in [6.45, 7) is 0. The van der Waals surface area contributed by atoms with E-state index in [4.69, 9.17) is 5.73 Å². The van der Waals surface area contributed by atoms with Crippen LogP contribution in [0, 0.1) is 12.1 Å². The maximum absolute atomic E-state index is 11.9. The summed E-state index contributed by atoms with van der Waals surface area (Å²) in [7, 11) is 0. The van der Waals surface area contributed by atoms with E-state index in [1.807, 2.05) is 6.07 Å². The second-order valence-electron chi connectivity index (χ2n) is 3.13. The number of carbonyl (C=O) groups is 1. The fourth-order valence-electron chi connectivity index (χ4n) is 1.30. The van der Waals surface area contributed by atoms with Gasteiger partial charge in [-0.05, 0) is 0 Å². The summed E-state index contributed by atoms with van der Waals surface area (Å²) < 4.78 is 0. The molecule has 0 spiro atoms. The molecular formula is C13H9NOY-2. The molecule has 2 rings (SSSR count). The van der Waals surface area contributed by atoms with Gasteiger partial charge in [0.25, 0.3) is 0 Å². The maximum atomic E-state index is 11.9. The van der Waals surface area contributed by atoms with Crippen LogP contribution < -0.4 is 5.73 Å². The maximum Gasteiger partial charge on any atom is 0.0895 e. The summed E-state index contributed by atoms with van der Waals surface area (Å²) in [5.74, 6) is -0.108. The number of nitrogens with two attached hydrogens (primary N) is 1. The van der Waals surface area contributed by atoms with E-state index in [1.54, 1.807) is 36.4 Å². The van der Waals surface area contributed by atoms with E-state index in [-0.39, 0.29) is 38.5 Å². The normalized spacial score (nSPS) is 9.25. The molecule has 0 heterocycles. The van der Waals surface area contributed by atoms with Gasteiger partial charge in [-0.3, -0.25) is 0 Å². The quantitative estimate of drug-likeness (QED) is 0.521. The molecular weight excluding hydrogens is 275 g/mol. The van der Waals surface area contributed by atoms with Crippen LogP contribution in [0.4, 0.5) is 5.69 Å². The first-order valence-electron chi connectivity index (χ1n) is 4.56. The summed E-state index contributed by atoms with van der Waals surface area (Å²) in [6, 6.07) is 17.9. The molecule has 0 aliphatic carbocycles. The Labute approximate surface area is 120 Å². The van der Waals surface area contributed by atoms with Crippen molar-refractivity contribution in [3.63, 3.8) is 0 Å². The van der Waals surface area contributed by atoms with E-state index in [1.165, 1.54) is 0 Å². The fourth-order valence-corrected chi connectivity index (χ4v) is 1.30. The molecule has 2 aromatic rings. The third-order valence-corrected chi connectivity index (χ3v) is 2.02. The molecule has 0 aromatic heterocycles. The molecule has 0 bridgehead atoms. The van der Waals surface area contributed by atoms with Gasteiger partial charge in [0.05, 0.1) is 5.78 Å². The number of hydrogen-bond acceptors (Lipinski definition) is 2. The van der Waals surface area contributed by atoms with Gasteiger partial charge in [-0.15, -0.1) is 65.7 Å². The summed E-state index contributed by atoms with van der Waals surface area (Å²) >= 11 is 0. The minimum absolute atomic E-state index is 0. The fraction of sp³-hybridized carbons (Fsp3) is 0. The standard InChI is InChI=1S/C13H9NO.Y/c14-12-8-4-7-11(9-12)13(15)10-5-2-1-3-6-10;/h1-5,7-8H,14H2;/q-2;. The second-order valence-corrected chi connectivity index (χ2v) is 3.13. The van der Waals surface area contributed by atoms with Crippen molar-refractivity contribution in [2.24, 2.45) is 0 Å². The third-order valence-electron chi connectivity index (χ3n) is 2.02. The van der Waals surface area contributed by atoms with E-state index in [2.05, 4.69) is 12.1 Å². The number of hydrogen-bond donors (Lipinski definition) is 1. The molecule has 0 unspecified atom stereocenters. The van der Waals surface area contributed by atoms with Crippen molar-refractivity contribution in [1.29, 1.82) is 0 Å². The molecule has 0 amide bonds. The van der Waals surface area contributed by atoms with E-state index >= 15 is 0 Å². The molecule has 0 atom stereocenters. The molecule has 2 aromatic carbocycles. The van der Waals surface area contributed by atoms with Gasteiger partial charge >= 0.3 is 0 Å². The molecule has 16 heavy (non-hydrogen) atoms. The van der Waals surface area contributed by atoms with Crippen LogP contribution in [0.2, 0.25) is 0 Å². The third kappa shape index (κ3) is 3.00. The van der Waals surface area contributed by atoms with Gasteiger partial charge in [-0.1, -0.05) is 5.69 Å². The zero-order valence-corrected chi connectivity index (χ0v) is 11.4. The minimum atomic E-state index is -0.108. The van der Waals surface area contributed by atoms with Crippen LogP contribution in [-0.4, -0.2) is 5.78 Å². The van der Waals surface area contributed by atoms with Crippen LogP contribution in [0.3, 0.4) is 0 Å². The molecule has 2 nitrogen and oxygen atoms in total. The zero-order chi connectivity index (χ0) is 10.7. The van der Waals surface area contributed by atoms with Crippen LogP contribution in [0.25, 0.3) is 0 Å². The summed E-state index contributed by atoms with van der Waals surface area (Å²) in [4.78, 5) is 11.9. The summed E-state index contributed by atoms with van der Waals surface area (Å²) in [6.07, 6.45) is 0. The van der Waals surface area contributed by atoms with Gasteiger partial charge in [0.2, 0.25) is 0 Å².